The van der Waals surface area contributed by atoms with Crippen molar-refractivity contribution in [2.24, 2.45) is 0 Å². The summed E-state index contributed by atoms with van der Waals surface area (Å²) in [5, 5.41) is 2.70. The fourth-order valence-electron chi connectivity index (χ4n) is 3.49. The Hall–Kier alpha value is -3.02. The highest BCUT2D eigenvalue weighted by atomic mass is 16.2. The number of hydrogen-bond acceptors (Lipinski definition) is 4. The van der Waals surface area contributed by atoms with Gasteiger partial charge in [-0.1, -0.05) is 37.6 Å². The van der Waals surface area contributed by atoms with E-state index < -0.39 is 0 Å². The van der Waals surface area contributed by atoms with E-state index in [1.54, 1.807) is 37.3 Å². The molecular formula is C22H24N2O4. The van der Waals surface area contributed by atoms with E-state index in [0.29, 0.717) is 41.8 Å². The van der Waals surface area contributed by atoms with Crippen molar-refractivity contribution >= 4 is 23.4 Å². The Bertz CT molecular complexity index is 911. The maximum Gasteiger partial charge on any atom is 0.250 e. The fraction of sp³-hybridized carbons (Fsp3) is 0.364. The molecule has 6 nitrogen and oxygen atoms in total. The second kappa shape index (κ2) is 8.33. The number of allylic oxidation sites excluding steroid dienone is 3. The molecule has 1 aliphatic carbocycles. The lowest BCUT2D eigenvalue weighted by Crippen LogP contribution is -2.50. The highest BCUT2D eigenvalue weighted by molar-refractivity contribution is 6.28. The predicted molar refractivity (Wildman–Crippen MR) is 105 cm³/mol. The summed E-state index contributed by atoms with van der Waals surface area (Å²) in [5.74, 6) is -0.877. The quantitative estimate of drug-likeness (QED) is 0.796. The predicted octanol–water partition coefficient (Wildman–Crippen LogP) is 2.46. The van der Waals surface area contributed by atoms with Crippen molar-refractivity contribution in [2.75, 3.05) is 19.6 Å². The Morgan fingerprint density at radius 3 is 2.46 bits per heavy atom. The van der Waals surface area contributed by atoms with Crippen LogP contribution in [0.5, 0.6) is 0 Å². The van der Waals surface area contributed by atoms with Crippen molar-refractivity contribution in [3.8, 4) is 0 Å². The number of rotatable bonds is 5. The van der Waals surface area contributed by atoms with Crippen LogP contribution in [0.2, 0.25) is 0 Å². The average Bonchev–Trinajstić information content (AvgIpc) is 2.71. The summed E-state index contributed by atoms with van der Waals surface area (Å²) in [4.78, 5) is 51.9. The number of unbranched alkanes of at least 4 members (excludes halogenated alkanes) is 1. The van der Waals surface area contributed by atoms with Crippen LogP contribution in [0.4, 0.5) is 0 Å². The van der Waals surface area contributed by atoms with Gasteiger partial charge in [-0.05, 0) is 25.8 Å². The van der Waals surface area contributed by atoms with Crippen molar-refractivity contribution < 1.29 is 19.2 Å². The van der Waals surface area contributed by atoms with Crippen LogP contribution in [0.15, 0.2) is 47.1 Å². The number of hydrogen-bond donors (Lipinski definition) is 1. The molecule has 0 saturated carbocycles. The number of Topliss-reactive ketones (excluding diaryl/α,β-unsaturated/α-hetero) is 2. The van der Waals surface area contributed by atoms with Gasteiger partial charge in [-0.2, -0.15) is 0 Å². The summed E-state index contributed by atoms with van der Waals surface area (Å²) in [7, 11) is 0. The van der Waals surface area contributed by atoms with Gasteiger partial charge in [0.05, 0.1) is 6.54 Å². The Balaban J connectivity index is 1.99. The highest BCUT2D eigenvalue weighted by Crippen LogP contribution is 2.28. The van der Waals surface area contributed by atoms with E-state index >= 15 is 0 Å². The van der Waals surface area contributed by atoms with Gasteiger partial charge in [-0.15, -0.1) is 0 Å². The number of carbonyl (C=O) groups excluding carboxylic acids is 4. The number of nitrogens with zero attached hydrogens (tertiary/aromatic N) is 1. The van der Waals surface area contributed by atoms with Gasteiger partial charge < -0.3 is 10.2 Å². The van der Waals surface area contributed by atoms with Crippen LogP contribution in [0.3, 0.4) is 0 Å². The lowest BCUT2D eigenvalue weighted by molar-refractivity contribution is -0.135. The summed E-state index contributed by atoms with van der Waals surface area (Å²) in [5.41, 5.74) is 1.85. The first-order valence-corrected chi connectivity index (χ1v) is 9.60. The molecule has 2 amide bonds. The van der Waals surface area contributed by atoms with Crippen molar-refractivity contribution in [3.63, 3.8) is 0 Å². The van der Waals surface area contributed by atoms with E-state index in [9.17, 15) is 19.2 Å². The molecule has 2 aliphatic rings. The number of carbonyl (C=O) groups is 4. The van der Waals surface area contributed by atoms with Gasteiger partial charge in [0.15, 0.2) is 11.6 Å². The third kappa shape index (κ3) is 3.81. The topological polar surface area (TPSA) is 83.6 Å². The van der Waals surface area contributed by atoms with Crippen LogP contribution in [0, 0.1) is 0 Å². The lowest BCUT2D eigenvalue weighted by Gasteiger charge is -2.28. The lowest BCUT2D eigenvalue weighted by atomic mass is 9.83. The molecule has 1 saturated heterocycles. The van der Waals surface area contributed by atoms with Gasteiger partial charge in [0.1, 0.15) is 0 Å². The zero-order valence-electron chi connectivity index (χ0n) is 16.2. The summed E-state index contributed by atoms with van der Waals surface area (Å²) >= 11 is 0. The Labute approximate surface area is 164 Å². The summed E-state index contributed by atoms with van der Waals surface area (Å²) in [6.45, 7) is 4.50. The molecule has 0 unspecified atom stereocenters. The van der Waals surface area contributed by atoms with E-state index in [0.717, 1.165) is 12.8 Å². The molecule has 28 heavy (non-hydrogen) atoms. The second-order valence-electron chi connectivity index (χ2n) is 7.09. The first-order valence-electron chi connectivity index (χ1n) is 9.60. The molecule has 1 heterocycles. The van der Waals surface area contributed by atoms with Crippen LogP contribution in [-0.4, -0.2) is 47.9 Å². The standard InChI is InChI=1S/C22H24N2O4/c1-3-4-7-15(22(28)24-11-10-23-19(25)13-24)12-18-14(2)20(26)16-8-5-6-9-17(16)21(18)27/h5-6,8-9,12H,3-4,7,10-11,13H2,1-2H3,(H,23,25)/b15-12+. The fourth-order valence-corrected chi connectivity index (χ4v) is 3.49. The van der Waals surface area contributed by atoms with Gasteiger partial charge in [0.2, 0.25) is 11.8 Å². The van der Waals surface area contributed by atoms with Crippen LogP contribution >= 0.6 is 0 Å². The average molecular weight is 380 g/mol. The second-order valence-corrected chi connectivity index (χ2v) is 7.09. The van der Waals surface area contributed by atoms with Gasteiger partial charge in [-0.25, -0.2) is 0 Å². The SMILES string of the molecule is CCCC/C(=C\C1=C(C)C(=O)c2ccccc2C1=O)C(=O)N1CCNC(=O)C1. The maximum absolute atomic E-state index is 13.0. The zero-order valence-corrected chi connectivity index (χ0v) is 16.2. The molecule has 3 rings (SSSR count). The molecule has 0 atom stereocenters. The van der Waals surface area contributed by atoms with Gasteiger partial charge in [0, 0.05) is 40.9 Å². The van der Waals surface area contributed by atoms with Gasteiger partial charge in [0.25, 0.3) is 0 Å². The monoisotopic (exact) mass is 380 g/mol. The smallest absolute Gasteiger partial charge is 0.250 e. The Morgan fingerprint density at radius 1 is 1.14 bits per heavy atom. The number of fused-ring (bicyclic) bond motifs is 1. The molecule has 0 bridgehead atoms. The summed E-state index contributed by atoms with van der Waals surface area (Å²) in [6.07, 6.45) is 3.73. The van der Waals surface area contributed by atoms with E-state index in [2.05, 4.69) is 5.32 Å². The van der Waals surface area contributed by atoms with Crippen LogP contribution in [0.25, 0.3) is 0 Å². The minimum atomic E-state index is -0.247. The normalized spacial score (nSPS) is 17.6. The van der Waals surface area contributed by atoms with E-state index in [1.807, 2.05) is 6.92 Å². The third-order valence-electron chi connectivity index (χ3n) is 5.12. The van der Waals surface area contributed by atoms with Gasteiger partial charge in [-0.3, -0.25) is 19.2 Å². The van der Waals surface area contributed by atoms with Crippen LogP contribution in [-0.2, 0) is 9.59 Å². The highest BCUT2D eigenvalue weighted by Gasteiger charge is 2.30. The number of benzene rings is 1. The molecule has 1 fully saturated rings. The summed E-state index contributed by atoms with van der Waals surface area (Å²) < 4.78 is 0. The Morgan fingerprint density at radius 2 is 1.82 bits per heavy atom. The Kier molecular flexibility index (Phi) is 5.87. The molecule has 146 valence electrons. The summed E-state index contributed by atoms with van der Waals surface area (Å²) in [6, 6.07) is 6.74. The number of nitrogens with one attached hydrogen (secondary N) is 1. The van der Waals surface area contributed by atoms with Crippen molar-refractivity contribution in [1.82, 2.24) is 10.2 Å². The molecule has 1 N–H and O–H groups in total. The van der Waals surface area contributed by atoms with Crippen molar-refractivity contribution in [1.29, 1.82) is 0 Å². The number of amides is 2. The number of ketones is 2. The minimum Gasteiger partial charge on any atom is -0.353 e. The molecular weight excluding hydrogens is 356 g/mol. The van der Waals surface area contributed by atoms with Crippen molar-refractivity contribution in [2.45, 2.75) is 33.1 Å². The third-order valence-corrected chi connectivity index (χ3v) is 5.12. The molecule has 0 radical (unpaired) electrons. The largest absolute Gasteiger partial charge is 0.353 e. The molecule has 1 aromatic carbocycles. The first kappa shape index (κ1) is 19.7. The first-order chi connectivity index (χ1) is 13.4. The zero-order chi connectivity index (χ0) is 20.3. The molecule has 1 aliphatic heterocycles. The van der Waals surface area contributed by atoms with E-state index in [-0.39, 0.29) is 35.5 Å². The minimum absolute atomic E-state index is 0.00996. The molecule has 0 spiro atoms. The van der Waals surface area contributed by atoms with Crippen LogP contribution < -0.4 is 5.32 Å². The van der Waals surface area contributed by atoms with E-state index in [4.69, 9.17) is 0 Å². The molecule has 0 aromatic heterocycles. The number of piperazine rings is 1. The maximum atomic E-state index is 13.0. The van der Waals surface area contributed by atoms with Gasteiger partial charge >= 0.3 is 0 Å². The molecule has 1 aromatic rings. The molecule has 6 heteroatoms. The van der Waals surface area contributed by atoms with E-state index in [1.165, 1.54) is 4.90 Å². The van der Waals surface area contributed by atoms with Crippen molar-refractivity contribution in [3.05, 3.63) is 58.2 Å². The van der Waals surface area contributed by atoms with Crippen LogP contribution in [0.1, 0.15) is 53.8 Å².